The summed E-state index contributed by atoms with van der Waals surface area (Å²) in [5.41, 5.74) is 3.39. The minimum absolute atomic E-state index is 0.128. The number of halogens is 2. The number of carbonyl (C=O) groups is 2. The van der Waals surface area contributed by atoms with E-state index in [1.807, 2.05) is 24.3 Å². The van der Waals surface area contributed by atoms with Crippen molar-refractivity contribution in [2.75, 3.05) is 13.2 Å². The Morgan fingerprint density at radius 2 is 2.06 bits per heavy atom. The van der Waals surface area contributed by atoms with E-state index in [1.54, 1.807) is 22.7 Å². The molecule has 1 aliphatic rings. The van der Waals surface area contributed by atoms with Crippen molar-refractivity contribution >= 4 is 34.4 Å². The highest BCUT2D eigenvalue weighted by molar-refractivity contribution is 6.32. The van der Waals surface area contributed by atoms with Gasteiger partial charge in [0, 0.05) is 35.6 Å². The van der Waals surface area contributed by atoms with Crippen LogP contribution >= 0.6 is 11.6 Å². The number of carbonyl (C=O) groups excluding carboxylic acids is 2. The molecule has 3 heterocycles. The van der Waals surface area contributed by atoms with Crippen molar-refractivity contribution in [3.63, 3.8) is 0 Å². The number of aromatic amines is 1. The number of benzene rings is 2. The maximum absolute atomic E-state index is 13.6. The lowest BCUT2D eigenvalue weighted by Gasteiger charge is -2.27. The minimum atomic E-state index is -0.577. The number of rotatable bonds is 4. The van der Waals surface area contributed by atoms with Crippen LogP contribution in [-0.4, -0.2) is 44.7 Å². The van der Waals surface area contributed by atoms with Gasteiger partial charge in [0.1, 0.15) is 5.82 Å². The van der Waals surface area contributed by atoms with Gasteiger partial charge in [-0.1, -0.05) is 29.8 Å². The molecule has 4 aromatic rings. The minimum Gasteiger partial charge on any atom is -0.461 e. The van der Waals surface area contributed by atoms with Crippen LogP contribution in [0.25, 0.3) is 16.6 Å². The van der Waals surface area contributed by atoms with Gasteiger partial charge in [-0.3, -0.25) is 4.79 Å². The first kappa shape index (κ1) is 21.2. The van der Waals surface area contributed by atoms with Gasteiger partial charge in [-0.05, 0) is 31.2 Å². The van der Waals surface area contributed by atoms with Crippen LogP contribution in [0.5, 0.6) is 0 Å². The van der Waals surface area contributed by atoms with Crippen molar-refractivity contribution in [1.29, 1.82) is 0 Å². The number of nitrogens with one attached hydrogen (secondary N) is 1. The largest absolute Gasteiger partial charge is 0.461 e. The SMILES string of the molecule is CCOC(=O)c1nn(-c2ccc(F)cc2Cl)c2c1CN(C(=O)c1c[nH]c3ccccc13)CC2. The van der Waals surface area contributed by atoms with Gasteiger partial charge in [0.15, 0.2) is 5.69 Å². The molecule has 0 radical (unpaired) electrons. The van der Waals surface area contributed by atoms with E-state index in [9.17, 15) is 14.0 Å². The van der Waals surface area contributed by atoms with Crippen molar-refractivity contribution in [3.05, 3.63) is 82.0 Å². The van der Waals surface area contributed by atoms with E-state index in [0.717, 1.165) is 16.6 Å². The third-order valence-electron chi connectivity index (χ3n) is 5.77. The molecule has 9 heteroatoms. The summed E-state index contributed by atoms with van der Waals surface area (Å²) in [6.45, 7) is 2.53. The van der Waals surface area contributed by atoms with Crippen LogP contribution in [-0.2, 0) is 17.7 Å². The van der Waals surface area contributed by atoms with Crippen LogP contribution in [0.4, 0.5) is 4.39 Å². The number of ether oxygens (including phenoxy) is 1. The van der Waals surface area contributed by atoms with Crippen molar-refractivity contribution in [2.45, 2.75) is 19.9 Å². The second-order valence-corrected chi connectivity index (χ2v) is 8.13. The summed E-state index contributed by atoms with van der Waals surface area (Å²) < 4.78 is 20.3. The number of nitrogens with zero attached hydrogens (tertiary/aromatic N) is 3. The fourth-order valence-corrected chi connectivity index (χ4v) is 4.47. The Balaban J connectivity index is 1.55. The number of esters is 1. The Kier molecular flexibility index (Phi) is 5.38. The third-order valence-corrected chi connectivity index (χ3v) is 6.07. The van der Waals surface area contributed by atoms with Crippen LogP contribution in [0.3, 0.4) is 0 Å². The smallest absolute Gasteiger partial charge is 0.359 e. The molecule has 0 spiro atoms. The van der Waals surface area contributed by atoms with E-state index < -0.39 is 11.8 Å². The zero-order valence-corrected chi connectivity index (χ0v) is 18.5. The van der Waals surface area contributed by atoms with E-state index in [4.69, 9.17) is 16.3 Å². The van der Waals surface area contributed by atoms with E-state index in [-0.39, 0.29) is 29.8 Å². The molecule has 0 saturated heterocycles. The molecule has 0 atom stereocenters. The Labute approximate surface area is 193 Å². The maximum atomic E-state index is 13.6. The van der Waals surface area contributed by atoms with Crippen LogP contribution in [0, 0.1) is 5.82 Å². The van der Waals surface area contributed by atoms with Crippen LogP contribution < -0.4 is 0 Å². The van der Waals surface area contributed by atoms with Crippen molar-refractivity contribution in [3.8, 4) is 5.69 Å². The van der Waals surface area contributed by atoms with Gasteiger partial charge < -0.3 is 14.6 Å². The summed E-state index contributed by atoms with van der Waals surface area (Å²) in [6, 6.07) is 11.6. The Bertz CT molecular complexity index is 1390. The average Bonchev–Trinajstić information content (AvgIpc) is 3.40. The zero-order valence-electron chi connectivity index (χ0n) is 17.8. The number of H-pyrrole nitrogens is 1. The maximum Gasteiger partial charge on any atom is 0.359 e. The Morgan fingerprint density at radius 3 is 2.85 bits per heavy atom. The normalized spacial score (nSPS) is 13.2. The molecule has 2 aromatic carbocycles. The van der Waals surface area contributed by atoms with E-state index in [0.29, 0.717) is 29.8 Å². The summed E-state index contributed by atoms with van der Waals surface area (Å²) in [6.07, 6.45) is 2.15. The third kappa shape index (κ3) is 3.66. The Morgan fingerprint density at radius 1 is 1.24 bits per heavy atom. The molecule has 1 aliphatic heterocycles. The highest BCUT2D eigenvalue weighted by Gasteiger charge is 2.32. The second-order valence-electron chi connectivity index (χ2n) is 7.73. The second kappa shape index (κ2) is 8.37. The summed E-state index contributed by atoms with van der Waals surface area (Å²) in [4.78, 5) is 30.9. The van der Waals surface area contributed by atoms with Crippen LogP contribution in [0.15, 0.2) is 48.7 Å². The predicted octanol–water partition coefficient (Wildman–Crippen LogP) is 4.52. The van der Waals surface area contributed by atoms with Gasteiger partial charge >= 0.3 is 5.97 Å². The predicted molar refractivity (Wildman–Crippen MR) is 121 cm³/mol. The molecular formula is C24H20ClFN4O3. The highest BCUT2D eigenvalue weighted by Crippen LogP contribution is 2.31. The van der Waals surface area contributed by atoms with Gasteiger partial charge in [0.25, 0.3) is 5.91 Å². The van der Waals surface area contributed by atoms with Crippen molar-refractivity contribution in [1.82, 2.24) is 19.7 Å². The monoisotopic (exact) mass is 466 g/mol. The summed E-state index contributed by atoms with van der Waals surface area (Å²) in [5.74, 6) is -1.18. The Hall–Kier alpha value is -3.65. The zero-order chi connectivity index (χ0) is 23.1. The van der Waals surface area contributed by atoms with Crippen LogP contribution in [0.1, 0.15) is 39.0 Å². The van der Waals surface area contributed by atoms with Crippen LogP contribution in [0.2, 0.25) is 5.02 Å². The first-order valence-electron chi connectivity index (χ1n) is 10.6. The number of hydrogen-bond donors (Lipinski definition) is 1. The number of aromatic nitrogens is 3. The van der Waals surface area contributed by atoms with E-state index >= 15 is 0 Å². The van der Waals surface area contributed by atoms with E-state index in [2.05, 4.69) is 10.1 Å². The summed E-state index contributed by atoms with van der Waals surface area (Å²) >= 11 is 6.27. The number of hydrogen-bond acceptors (Lipinski definition) is 4. The molecule has 168 valence electrons. The molecule has 1 N–H and O–H groups in total. The molecule has 0 saturated carbocycles. The highest BCUT2D eigenvalue weighted by atomic mass is 35.5. The lowest BCUT2D eigenvalue weighted by Crippen LogP contribution is -2.36. The first-order chi connectivity index (χ1) is 16.0. The summed E-state index contributed by atoms with van der Waals surface area (Å²) in [5, 5.41) is 5.48. The molecule has 1 amide bonds. The molecule has 33 heavy (non-hydrogen) atoms. The van der Waals surface area contributed by atoms with Gasteiger partial charge in [0.2, 0.25) is 0 Å². The molecule has 0 aliphatic carbocycles. The molecule has 0 unspecified atom stereocenters. The first-order valence-corrected chi connectivity index (χ1v) is 10.9. The fraction of sp³-hybridized carbons (Fsp3) is 0.208. The quantitative estimate of drug-likeness (QED) is 0.448. The standard InChI is InChI=1S/C24H20ClFN4O3/c1-2-33-24(32)22-17-13-29(23(31)16-12-27-19-6-4-3-5-15(16)19)10-9-20(17)30(28-22)21-8-7-14(26)11-18(21)25/h3-8,11-12,27H,2,9-10,13H2,1H3. The molecule has 5 rings (SSSR count). The molecular weight excluding hydrogens is 447 g/mol. The molecule has 7 nitrogen and oxygen atoms in total. The molecule has 2 aromatic heterocycles. The van der Waals surface area contributed by atoms with Crippen molar-refractivity contribution < 1.29 is 18.7 Å². The van der Waals surface area contributed by atoms with Crippen molar-refractivity contribution in [2.24, 2.45) is 0 Å². The summed E-state index contributed by atoms with van der Waals surface area (Å²) in [7, 11) is 0. The lowest BCUT2D eigenvalue weighted by molar-refractivity contribution is 0.0513. The number of fused-ring (bicyclic) bond motifs is 2. The molecule has 0 fully saturated rings. The van der Waals surface area contributed by atoms with Gasteiger partial charge in [-0.2, -0.15) is 5.10 Å². The lowest BCUT2D eigenvalue weighted by atomic mass is 10.0. The molecule has 0 bridgehead atoms. The van der Waals surface area contributed by atoms with Gasteiger partial charge in [-0.25, -0.2) is 13.9 Å². The topological polar surface area (TPSA) is 80.2 Å². The fourth-order valence-electron chi connectivity index (χ4n) is 4.23. The van der Waals surface area contributed by atoms with Gasteiger partial charge in [-0.15, -0.1) is 0 Å². The average molecular weight is 467 g/mol. The van der Waals surface area contributed by atoms with E-state index in [1.165, 1.54) is 18.2 Å². The number of amides is 1. The number of para-hydroxylation sites is 1. The van der Waals surface area contributed by atoms with Gasteiger partial charge in [0.05, 0.1) is 35.1 Å².